The van der Waals surface area contributed by atoms with E-state index in [1.54, 1.807) is 11.1 Å². The molecule has 1 atom stereocenters. The lowest BCUT2D eigenvalue weighted by molar-refractivity contribution is -0.121. The second-order valence-corrected chi connectivity index (χ2v) is 7.10. The summed E-state index contributed by atoms with van der Waals surface area (Å²) in [5, 5.41) is 10.4. The van der Waals surface area contributed by atoms with Crippen LogP contribution in [0, 0.1) is 11.5 Å². The van der Waals surface area contributed by atoms with Crippen molar-refractivity contribution in [2.45, 2.75) is 25.3 Å². The van der Waals surface area contributed by atoms with E-state index in [1.807, 2.05) is 29.3 Å². The minimum absolute atomic E-state index is 0.0468. The molecule has 0 saturated carbocycles. The van der Waals surface area contributed by atoms with Gasteiger partial charge in [-0.3, -0.25) is 9.69 Å². The second-order valence-electron chi connectivity index (χ2n) is 7.10. The first-order valence-corrected chi connectivity index (χ1v) is 9.30. The zero-order valence-electron chi connectivity index (χ0n) is 14.9. The summed E-state index contributed by atoms with van der Waals surface area (Å²) in [6.07, 6.45) is 8.42. The van der Waals surface area contributed by atoms with Crippen LogP contribution in [0.5, 0.6) is 0 Å². The Bertz CT molecular complexity index is 1080. The van der Waals surface area contributed by atoms with Crippen molar-refractivity contribution < 1.29 is 4.79 Å². The average molecular weight is 357 g/mol. The van der Waals surface area contributed by atoms with E-state index in [9.17, 15) is 10.1 Å². The number of benzene rings is 1. The molecule has 1 aromatic carbocycles. The maximum Gasteiger partial charge on any atom is 0.250 e. The molecule has 1 fully saturated rings. The highest BCUT2D eigenvalue weighted by Crippen LogP contribution is 2.39. The molecule has 1 N–H and O–H groups in total. The van der Waals surface area contributed by atoms with Gasteiger partial charge >= 0.3 is 0 Å². The monoisotopic (exact) mass is 357 g/mol. The number of nitriles is 1. The van der Waals surface area contributed by atoms with Crippen LogP contribution in [0.1, 0.15) is 18.4 Å². The van der Waals surface area contributed by atoms with Crippen molar-refractivity contribution in [2.75, 3.05) is 18.0 Å². The molecule has 0 spiro atoms. The van der Waals surface area contributed by atoms with E-state index in [1.165, 1.54) is 5.56 Å². The fraction of sp³-hybridized carbons (Fsp3) is 0.286. The van der Waals surface area contributed by atoms with Gasteiger partial charge in [0.05, 0.1) is 0 Å². The molecule has 0 radical (unpaired) electrons. The molecular formula is C21H19N5O. The van der Waals surface area contributed by atoms with E-state index in [4.69, 9.17) is 0 Å². The van der Waals surface area contributed by atoms with Crippen LogP contribution in [-0.4, -0.2) is 39.9 Å². The summed E-state index contributed by atoms with van der Waals surface area (Å²) in [5.41, 5.74) is 5.29. The molecule has 6 heteroatoms. The lowest BCUT2D eigenvalue weighted by atomic mass is 9.98. The number of likely N-dealkylation sites (tertiary alicyclic amines) is 1. The minimum atomic E-state index is -0.318. The fourth-order valence-electron chi connectivity index (χ4n) is 4.42. The van der Waals surface area contributed by atoms with Crippen LogP contribution < -0.4 is 4.90 Å². The summed E-state index contributed by atoms with van der Waals surface area (Å²) in [7, 11) is 0. The van der Waals surface area contributed by atoms with Gasteiger partial charge in [0.1, 0.15) is 11.7 Å². The summed E-state index contributed by atoms with van der Waals surface area (Å²) >= 11 is 0. The van der Waals surface area contributed by atoms with Gasteiger partial charge in [-0.15, -0.1) is 0 Å². The van der Waals surface area contributed by atoms with E-state index in [-0.39, 0.29) is 11.9 Å². The van der Waals surface area contributed by atoms with E-state index in [2.05, 4.69) is 28.3 Å². The van der Waals surface area contributed by atoms with E-state index in [0.717, 1.165) is 47.1 Å². The molecule has 134 valence electrons. The van der Waals surface area contributed by atoms with Crippen LogP contribution in [0.2, 0.25) is 0 Å². The number of anilines is 1. The predicted octanol–water partition coefficient (Wildman–Crippen LogP) is 3.06. The molecule has 2 aliphatic heterocycles. The maximum absolute atomic E-state index is 13.1. The molecule has 2 aliphatic rings. The number of hydrogen-bond acceptors (Lipinski definition) is 4. The van der Waals surface area contributed by atoms with Crippen molar-refractivity contribution in [3.63, 3.8) is 0 Å². The van der Waals surface area contributed by atoms with Crippen molar-refractivity contribution >= 4 is 22.6 Å². The van der Waals surface area contributed by atoms with Gasteiger partial charge in [0, 0.05) is 42.1 Å². The molecule has 2 aromatic heterocycles. The number of rotatable bonds is 2. The lowest BCUT2D eigenvalue weighted by Crippen LogP contribution is -2.43. The summed E-state index contributed by atoms with van der Waals surface area (Å²) < 4.78 is 0. The van der Waals surface area contributed by atoms with Crippen LogP contribution in [0.15, 0.2) is 42.7 Å². The Labute approximate surface area is 157 Å². The Morgan fingerprint density at radius 1 is 1.22 bits per heavy atom. The number of carbonyl (C=O) groups excluding carboxylic acids is 1. The number of pyridine rings is 1. The van der Waals surface area contributed by atoms with E-state index in [0.29, 0.717) is 13.1 Å². The molecule has 1 amide bonds. The van der Waals surface area contributed by atoms with Crippen molar-refractivity contribution in [3.8, 4) is 17.3 Å². The average Bonchev–Trinajstić information content (AvgIpc) is 3.44. The molecule has 0 bridgehead atoms. The van der Waals surface area contributed by atoms with Gasteiger partial charge in [-0.2, -0.15) is 5.26 Å². The third kappa shape index (κ3) is 2.39. The molecule has 0 aliphatic carbocycles. The Hall–Kier alpha value is -3.33. The molecular weight excluding hydrogens is 338 g/mol. The largest absolute Gasteiger partial charge is 0.346 e. The van der Waals surface area contributed by atoms with Crippen LogP contribution >= 0.6 is 0 Å². The first-order chi connectivity index (χ1) is 13.3. The zero-order valence-corrected chi connectivity index (χ0v) is 14.9. The van der Waals surface area contributed by atoms with Crippen LogP contribution in [0.4, 0.5) is 5.69 Å². The van der Waals surface area contributed by atoms with Gasteiger partial charge in [-0.05, 0) is 48.6 Å². The number of H-pyrrole nitrogens is 1. The Morgan fingerprint density at radius 3 is 3.04 bits per heavy atom. The molecule has 6 nitrogen and oxygen atoms in total. The second kappa shape index (κ2) is 6.13. The van der Waals surface area contributed by atoms with Crippen molar-refractivity contribution in [2.24, 2.45) is 0 Å². The van der Waals surface area contributed by atoms with Crippen molar-refractivity contribution in [3.05, 3.63) is 48.3 Å². The van der Waals surface area contributed by atoms with Gasteiger partial charge in [0.2, 0.25) is 5.91 Å². The highest BCUT2D eigenvalue weighted by atomic mass is 16.2. The van der Waals surface area contributed by atoms with E-state index < -0.39 is 0 Å². The standard InChI is InChI=1S/C21H19N5O/c22-13-25-10-3-7-19(25)21(27)26-11-8-15-14(4-1-6-18(15)26)17-12-24-20-16(17)5-2-9-23-20/h1-2,4-6,9,12,19H,3,7-8,10-11H2,(H,23,24). The molecule has 3 aromatic rings. The third-order valence-electron chi connectivity index (χ3n) is 5.70. The predicted molar refractivity (Wildman–Crippen MR) is 103 cm³/mol. The van der Waals surface area contributed by atoms with Gasteiger partial charge in [0.15, 0.2) is 6.19 Å². The molecule has 1 saturated heterocycles. The number of fused-ring (bicyclic) bond motifs is 2. The van der Waals surface area contributed by atoms with Crippen LogP contribution in [0.3, 0.4) is 0 Å². The first-order valence-electron chi connectivity index (χ1n) is 9.30. The van der Waals surface area contributed by atoms with Gasteiger partial charge in [-0.1, -0.05) is 12.1 Å². The smallest absolute Gasteiger partial charge is 0.250 e. The zero-order chi connectivity index (χ0) is 18.4. The number of nitrogens with zero attached hydrogens (tertiary/aromatic N) is 4. The van der Waals surface area contributed by atoms with Crippen LogP contribution in [-0.2, 0) is 11.2 Å². The topological polar surface area (TPSA) is 76.0 Å². The van der Waals surface area contributed by atoms with Gasteiger partial charge in [-0.25, -0.2) is 4.98 Å². The fourth-order valence-corrected chi connectivity index (χ4v) is 4.42. The summed E-state index contributed by atoms with van der Waals surface area (Å²) in [6.45, 7) is 1.34. The number of nitrogens with one attached hydrogen (secondary N) is 1. The number of aromatic nitrogens is 2. The van der Waals surface area contributed by atoms with Crippen molar-refractivity contribution in [1.29, 1.82) is 5.26 Å². The molecule has 1 unspecified atom stereocenters. The minimum Gasteiger partial charge on any atom is -0.346 e. The highest BCUT2D eigenvalue weighted by Gasteiger charge is 2.36. The summed E-state index contributed by atoms with van der Waals surface area (Å²) in [5.74, 6) is 0.0468. The molecule has 4 heterocycles. The van der Waals surface area contributed by atoms with Crippen LogP contribution in [0.25, 0.3) is 22.2 Å². The summed E-state index contributed by atoms with van der Waals surface area (Å²) in [6, 6.07) is 9.82. The molecule has 5 rings (SSSR count). The third-order valence-corrected chi connectivity index (χ3v) is 5.70. The Balaban J connectivity index is 1.55. The number of amides is 1. The number of hydrogen-bond donors (Lipinski definition) is 1. The Kier molecular flexibility index (Phi) is 3.61. The quantitative estimate of drug-likeness (QED) is 0.715. The van der Waals surface area contributed by atoms with Gasteiger partial charge in [0.25, 0.3) is 0 Å². The lowest BCUT2D eigenvalue weighted by Gasteiger charge is -2.25. The normalized spacial score (nSPS) is 18.7. The van der Waals surface area contributed by atoms with E-state index >= 15 is 0 Å². The highest BCUT2D eigenvalue weighted by molar-refractivity contribution is 6.02. The molecule has 27 heavy (non-hydrogen) atoms. The first kappa shape index (κ1) is 15.9. The summed E-state index contributed by atoms with van der Waals surface area (Å²) in [4.78, 5) is 24.2. The van der Waals surface area contributed by atoms with Crippen molar-refractivity contribution in [1.82, 2.24) is 14.9 Å². The number of aromatic amines is 1. The number of carbonyl (C=O) groups is 1. The van der Waals surface area contributed by atoms with Gasteiger partial charge < -0.3 is 9.88 Å². The Morgan fingerprint density at radius 2 is 2.15 bits per heavy atom. The SMILES string of the molecule is N#CN1CCCC1C(=O)N1CCc2c(-c3c[nH]c4ncccc34)cccc21. The maximum atomic E-state index is 13.1.